The third-order valence-corrected chi connectivity index (χ3v) is 10.9. The lowest BCUT2D eigenvalue weighted by Gasteiger charge is -2.27. The maximum absolute atomic E-state index is 14.4. The van der Waals surface area contributed by atoms with Gasteiger partial charge in [0, 0.05) is 65.9 Å². The van der Waals surface area contributed by atoms with Crippen molar-refractivity contribution in [3.05, 3.63) is 64.4 Å². The van der Waals surface area contributed by atoms with Crippen LogP contribution in [-0.2, 0) is 32.3 Å². The van der Waals surface area contributed by atoms with E-state index in [0.717, 1.165) is 29.5 Å². The van der Waals surface area contributed by atoms with E-state index in [4.69, 9.17) is 4.74 Å². The smallest absolute Gasteiger partial charge is 0.248 e. The van der Waals surface area contributed by atoms with E-state index >= 15 is 0 Å². The molecule has 13 nitrogen and oxygen atoms in total. The zero-order valence-electron chi connectivity index (χ0n) is 29.2. The number of halogens is 1. The van der Waals surface area contributed by atoms with E-state index < -0.39 is 16.9 Å². The number of anilines is 1. The number of nitrogens with one attached hydrogen (secondary N) is 2. The Kier molecular flexibility index (Phi) is 9.25. The summed E-state index contributed by atoms with van der Waals surface area (Å²) in [5, 5.41) is 11.4. The fraction of sp³-hybridized carbons (Fsp3) is 0.459. The van der Waals surface area contributed by atoms with Crippen LogP contribution in [0.1, 0.15) is 74.8 Å². The SMILES string of the molecule is CC(=O)c1nn(CC(=O)N2C3C[C@@]34CNC(=O)C(C)(C)CCCCOCc3ccc(Br)nc3NC(=O)[C@@H]2C4)c2ccc(-c3cnc(C)nc3)cc12. The zero-order chi connectivity index (χ0) is 36.1. The Hall–Kier alpha value is -4.56. The molecule has 5 heterocycles. The van der Waals surface area contributed by atoms with Gasteiger partial charge in [0.05, 0.1) is 12.1 Å². The van der Waals surface area contributed by atoms with Crippen molar-refractivity contribution < 1.29 is 23.9 Å². The summed E-state index contributed by atoms with van der Waals surface area (Å²) < 4.78 is 8.04. The lowest BCUT2D eigenvalue weighted by atomic mass is 9.86. The molecule has 7 rings (SSSR count). The van der Waals surface area contributed by atoms with Crippen molar-refractivity contribution >= 4 is 56.2 Å². The summed E-state index contributed by atoms with van der Waals surface area (Å²) in [6.07, 6.45) is 6.84. The molecule has 1 unspecified atom stereocenters. The van der Waals surface area contributed by atoms with Crippen LogP contribution in [0.5, 0.6) is 0 Å². The number of hydrogen-bond donors (Lipinski definition) is 2. The summed E-state index contributed by atoms with van der Waals surface area (Å²) in [5.41, 5.74) is 2.18. The number of rotatable bonds is 4. The molecule has 14 heteroatoms. The van der Waals surface area contributed by atoms with Crippen LogP contribution in [-0.4, -0.2) is 78.4 Å². The third kappa shape index (κ3) is 6.90. The van der Waals surface area contributed by atoms with Gasteiger partial charge in [-0.15, -0.1) is 0 Å². The van der Waals surface area contributed by atoms with E-state index in [1.807, 2.05) is 45.0 Å². The molecule has 1 aliphatic carbocycles. The van der Waals surface area contributed by atoms with Gasteiger partial charge < -0.3 is 20.3 Å². The van der Waals surface area contributed by atoms with Crippen molar-refractivity contribution in [3.63, 3.8) is 0 Å². The van der Waals surface area contributed by atoms with Crippen molar-refractivity contribution in [1.82, 2.24) is 34.9 Å². The molecule has 3 amide bonds. The van der Waals surface area contributed by atoms with Gasteiger partial charge in [0.2, 0.25) is 17.7 Å². The Morgan fingerprint density at radius 3 is 2.61 bits per heavy atom. The molecule has 3 aromatic heterocycles. The standard InChI is InChI=1S/C37H41BrN8O5/c1-21(47)32-26-13-23(25-16-39-22(2)40-17-25)7-9-27(26)45(44-32)18-31(48)46-28-14-37(15-29(37)46)20-41-35(50)36(3,4)11-5-6-12-51-19-24-8-10-30(38)42-33(24)43-34(28)49/h7-10,13,16-17,28-29H,5-6,11-12,14-15,18-20H2,1-4H3,(H,41,50)(H,42,43,49)/t28-,29?,37-/m0/s1. The number of Topliss-reactive ketones (excluding diaryl/α,β-unsaturated/α-hetero) is 1. The maximum Gasteiger partial charge on any atom is 0.248 e. The molecular formula is C37H41BrN8O5. The summed E-state index contributed by atoms with van der Waals surface area (Å²) in [6, 6.07) is 8.18. The van der Waals surface area contributed by atoms with Gasteiger partial charge in [0.25, 0.3) is 0 Å². The largest absolute Gasteiger partial charge is 0.377 e. The summed E-state index contributed by atoms with van der Waals surface area (Å²) in [7, 11) is 0. The fourth-order valence-corrected chi connectivity index (χ4v) is 7.72. The normalized spacial score (nSPS) is 23.5. The van der Waals surface area contributed by atoms with E-state index in [0.29, 0.717) is 59.6 Å². The zero-order valence-corrected chi connectivity index (χ0v) is 30.7. The lowest BCUT2D eigenvalue weighted by Crippen LogP contribution is -2.47. The van der Waals surface area contributed by atoms with Crippen molar-refractivity contribution in [3.8, 4) is 11.1 Å². The van der Waals surface area contributed by atoms with E-state index in [1.165, 1.54) is 11.6 Å². The highest BCUT2D eigenvalue weighted by molar-refractivity contribution is 9.10. The average molecular weight is 758 g/mol. The first kappa shape index (κ1) is 34.9. The number of fused-ring (bicyclic) bond motifs is 3. The van der Waals surface area contributed by atoms with Crippen molar-refractivity contribution in [2.24, 2.45) is 10.8 Å². The van der Waals surface area contributed by atoms with E-state index in [2.05, 4.69) is 46.6 Å². The van der Waals surface area contributed by atoms with Gasteiger partial charge in [0.1, 0.15) is 34.5 Å². The number of pyridine rings is 1. The van der Waals surface area contributed by atoms with E-state index in [9.17, 15) is 19.2 Å². The van der Waals surface area contributed by atoms with Gasteiger partial charge in [0.15, 0.2) is 5.78 Å². The predicted octanol–water partition coefficient (Wildman–Crippen LogP) is 5.00. The summed E-state index contributed by atoms with van der Waals surface area (Å²) in [4.78, 5) is 69.4. The molecule has 1 spiro atoms. The van der Waals surface area contributed by atoms with Gasteiger partial charge >= 0.3 is 0 Å². The highest BCUT2D eigenvalue weighted by atomic mass is 79.9. The molecule has 1 saturated carbocycles. The first-order valence-corrected chi connectivity index (χ1v) is 18.1. The Bertz CT molecular complexity index is 2050. The van der Waals surface area contributed by atoms with Gasteiger partial charge in [-0.25, -0.2) is 15.0 Å². The molecule has 4 aromatic rings. The lowest BCUT2D eigenvalue weighted by molar-refractivity contribution is -0.138. The monoisotopic (exact) mass is 756 g/mol. The first-order valence-electron chi connectivity index (χ1n) is 17.3. The van der Waals surface area contributed by atoms with Crippen LogP contribution < -0.4 is 10.6 Å². The van der Waals surface area contributed by atoms with Crippen LogP contribution >= 0.6 is 15.9 Å². The third-order valence-electron chi connectivity index (χ3n) is 10.5. The fourth-order valence-electron chi connectivity index (χ4n) is 7.41. The molecule has 2 aliphatic heterocycles. The van der Waals surface area contributed by atoms with Crippen molar-refractivity contribution in [2.75, 3.05) is 18.5 Å². The molecule has 0 radical (unpaired) electrons. The number of benzene rings is 1. The molecule has 1 aromatic carbocycles. The number of carbonyl (C=O) groups is 4. The van der Waals surface area contributed by atoms with Crippen molar-refractivity contribution in [2.45, 2.75) is 85.0 Å². The topological polar surface area (TPSA) is 161 Å². The van der Waals surface area contributed by atoms with Gasteiger partial charge in [-0.05, 0) is 72.3 Å². The number of aromatic nitrogens is 5. The number of piperidine rings is 1. The Balaban J connectivity index is 1.20. The molecule has 2 N–H and O–H groups in total. The first-order chi connectivity index (χ1) is 24.3. The number of ether oxygens (including phenoxy) is 1. The quantitative estimate of drug-likeness (QED) is 0.216. The molecular weight excluding hydrogens is 716 g/mol. The molecule has 2 bridgehead atoms. The maximum atomic E-state index is 14.4. The number of carbonyl (C=O) groups excluding carboxylic acids is 4. The predicted molar refractivity (Wildman–Crippen MR) is 192 cm³/mol. The second kappa shape index (κ2) is 13.5. The minimum atomic E-state index is -0.811. The minimum absolute atomic E-state index is 0.0451. The molecule has 51 heavy (non-hydrogen) atoms. The Labute approximate surface area is 304 Å². The highest BCUT2D eigenvalue weighted by Crippen LogP contribution is 2.59. The molecule has 3 aliphatic rings. The second-order valence-electron chi connectivity index (χ2n) is 14.6. The average Bonchev–Trinajstić information content (AvgIpc) is 3.51. The van der Waals surface area contributed by atoms with Crippen LogP contribution in [0.15, 0.2) is 47.3 Å². The van der Waals surface area contributed by atoms with Crippen molar-refractivity contribution in [1.29, 1.82) is 0 Å². The Morgan fingerprint density at radius 2 is 1.84 bits per heavy atom. The summed E-state index contributed by atoms with van der Waals surface area (Å²) in [5.74, 6) is 0.0743. The van der Waals surface area contributed by atoms with Gasteiger partial charge in [-0.2, -0.15) is 5.10 Å². The second-order valence-corrected chi connectivity index (χ2v) is 15.4. The molecule has 266 valence electrons. The number of aryl methyl sites for hydroxylation is 1. The summed E-state index contributed by atoms with van der Waals surface area (Å²) >= 11 is 3.42. The number of likely N-dealkylation sites (tertiary alicyclic amines) is 1. The summed E-state index contributed by atoms with van der Waals surface area (Å²) in [6.45, 7) is 8.09. The minimum Gasteiger partial charge on any atom is -0.377 e. The number of hydrogen-bond acceptors (Lipinski definition) is 9. The number of ketones is 1. The van der Waals surface area contributed by atoms with Crippen LogP contribution in [0.4, 0.5) is 5.82 Å². The molecule has 1 saturated heterocycles. The van der Waals surface area contributed by atoms with Gasteiger partial charge in [-0.1, -0.05) is 32.4 Å². The van der Waals surface area contributed by atoms with Crippen LogP contribution in [0.2, 0.25) is 0 Å². The van der Waals surface area contributed by atoms with E-state index in [1.54, 1.807) is 23.4 Å². The molecule has 2 fully saturated rings. The van der Waals surface area contributed by atoms with Crippen LogP contribution in [0.25, 0.3) is 22.0 Å². The number of nitrogens with zero attached hydrogens (tertiary/aromatic N) is 6. The van der Waals surface area contributed by atoms with Gasteiger partial charge in [-0.3, -0.25) is 23.9 Å². The number of amides is 3. The Morgan fingerprint density at radius 1 is 1.06 bits per heavy atom. The van der Waals surface area contributed by atoms with Crippen LogP contribution in [0, 0.1) is 17.8 Å². The van der Waals surface area contributed by atoms with E-state index in [-0.39, 0.29) is 48.4 Å². The highest BCUT2D eigenvalue weighted by Gasteiger charge is 2.67. The molecule has 3 atom stereocenters. The van der Waals surface area contributed by atoms with Crippen LogP contribution in [0.3, 0.4) is 0 Å².